The third kappa shape index (κ3) is 8.28. The Hall–Kier alpha value is -1.31. The molecule has 0 heterocycles. The summed E-state index contributed by atoms with van der Waals surface area (Å²) in [6.07, 6.45) is 16.4. The number of aryl methyl sites for hydroxylation is 2. The monoisotopic (exact) mass is 428 g/mol. The smallest absolute Gasteiger partial charge is 0.309 e. The lowest BCUT2D eigenvalue weighted by Gasteiger charge is -2.19. The molecule has 1 fully saturated rings. The lowest BCUT2D eigenvalue weighted by Crippen LogP contribution is -2.14. The van der Waals surface area contributed by atoms with Crippen LogP contribution in [-0.4, -0.2) is 11.1 Å². The topological polar surface area (TPSA) is 37.3 Å². The second kappa shape index (κ2) is 11.5. The van der Waals surface area contributed by atoms with Gasteiger partial charge in [-0.05, 0) is 105 Å². The number of benzene rings is 1. The van der Waals surface area contributed by atoms with Crippen LogP contribution < -0.4 is 0 Å². The molecule has 0 radical (unpaired) electrons. The Labute approximate surface area is 192 Å². The van der Waals surface area contributed by atoms with Gasteiger partial charge in [0, 0.05) is 0 Å². The van der Waals surface area contributed by atoms with Crippen LogP contribution in [0.4, 0.5) is 0 Å². The number of unbranched alkanes of at least 4 members (excludes halogenated alkanes) is 6. The van der Waals surface area contributed by atoms with Crippen LogP contribution >= 0.6 is 0 Å². The second-order valence-corrected chi connectivity index (χ2v) is 11.6. The molecule has 2 heteroatoms. The minimum Gasteiger partial charge on any atom is -0.481 e. The molecule has 0 unspecified atom stereocenters. The van der Waals surface area contributed by atoms with E-state index in [2.05, 4.69) is 47.6 Å². The molecule has 0 aromatic heterocycles. The highest BCUT2D eigenvalue weighted by Gasteiger charge is 2.49. The molecule has 2 rings (SSSR count). The largest absolute Gasteiger partial charge is 0.481 e. The van der Waals surface area contributed by atoms with Crippen LogP contribution in [0.25, 0.3) is 0 Å². The molecule has 0 bridgehead atoms. The predicted octanol–water partition coefficient (Wildman–Crippen LogP) is 8.51. The Balaban J connectivity index is 1.78. The van der Waals surface area contributed by atoms with Crippen molar-refractivity contribution in [1.29, 1.82) is 0 Å². The van der Waals surface area contributed by atoms with Gasteiger partial charge in [0.1, 0.15) is 0 Å². The zero-order valence-corrected chi connectivity index (χ0v) is 21.3. The molecule has 1 N–H and O–H groups in total. The highest BCUT2D eigenvalue weighted by atomic mass is 16.4. The number of aliphatic carboxylic acids is 1. The molecule has 2 nitrogen and oxygen atoms in total. The lowest BCUT2D eigenvalue weighted by molar-refractivity contribution is -0.143. The van der Waals surface area contributed by atoms with Crippen molar-refractivity contribution in [2.24, 2.45) is 10.8 Å². The first-order chi connectivity index (χ1) is 14.6. The van der Waals surface area contributed by atoms with Crippen molar-refractivity contribution in [3.63, 3.8) is 0 Å². The first kappa shape index (κ1) is 25.9. The summed E-state index contributed by atoms with van der Waals surface area (Å²) in [5.74, 6) is -0.568. The first-order valence-corrected chi connectivity index (χ1v) is 12.9. The van der Waals surface area contributed by atoms with Crippen LogP contribution in [0.2, 0.25) is 0 Å². The molecule has 0 aliphatic heterocycles. The van der Waals surface area contributed by atoms with Gasteiger partial charge < -0.3 is 5.11 Å². The van der Waals surface area contributed by atoms with Crippen LogP contribution in [-0.2, 0) is 17.6 Å². The quantitative estimate of drug-likeness (QED) is 0.301. The zero-order valence-electron chi connectivity index (χ0n) is 21.3. The van der Waals surface area contributed by atoms with Crippen molar-refractivity contribution in [3.05, 3.63) is 33.9 Å². The number of carboxylic acids is 1. The maximum absolute atomic E-state index is 11.3. The summed E-state index contributed by atoms with van der Waals surface area (Å²) in [7, 11) is 0. The van der Waals surface area contributed by atoms with E-state index in [-0.39, 0.29) is 5.41 Å². The summed E-state index contributed by atoms with van der Waals surface area (Å²) in [4.78, 5) is 11.3. The Morgan fingerprint density at radius 3 is 2.03 bits per heavy atom. The minimum absolute atomic E-state index is 0.342. The average molecular weight is 429 g/mol. The summed E-state index contributed by atoms with van der Waals surface area (Å²) in [5.41, 5.74) is 7.71. The fraction of sp³-hybridized carbons (Fsp3) is 0.759. The van der Waals surface area contributed by atoms with Gasteiger partial charge in [-0.1, -0.05) is 65.4 Å². The second-order valence-electron chi connectivity index (χ2n) is 11.6. The van der Waals surface area contributed by atoms with Gasteiger partial charge in [-0.2, -0.15) is 0 Å². The zero-order chi connectivity index (χ0) is 23.1. The number of carbonyl (C=O) groups is 1. The first-order valence-electron chi connectivity index (χ1n) is 12.9. The summed E-state index contributed by atoms with van der Waals surface area (Å²) < 4.78 is 0. The number of rotatable bonds is 14. The average Bonchev–Trinajstić information content (AvgIpc) is 3.47. The maximum atomic E-state index is 11.3. The van der Waals surface area contributed by atoms with Crippen LogP contribution in [0.1, 0.15) is 126 Å². The van der Waals surface area contributed by atoms with Gasteiger partial charge in [0.05, 0.1) is 5.41 Å². The Bertz CT molecular complexity index is 719. The summed E-state index contributed by atoms with van der Waals surface area (Å²) in [6.45, 7) is 13.9. The highest BCUT2D eigenvalue weighted by molar-refractivity contribution is 5.77. The van der Waals surface area contributed by atoms with Gasteiger partial charge in [-0.15, -0.1) is 0 Å². The Morgan fingerprint density at radius 1 is 0.871 bits per heavy atom. The van der Waals surface area contributed by atoms with Gasteiger partial charge in [0.25, 0.3) is 0 Å². The molecule has 0 amide bonds. The van der Waals surface area contributed by atoms with E-state index in [1.165, 1.54) is 80.9 Å². The molecule has 0 spiro atoms. The molecule has 176 valence electrons. The van der Waals surface area contributed by atoms with Crippen molar-refractivity contribution in [2.75, 3.05) is 0 Å². The fourth-order valence-corrected chi connectivity index (χ4v) is 4.96. The van der Waals surface area contributed by atoms with Gasteiger partial charge in [-0.25, -0.2) is 0 Å². The molecule has 1 aromatic rings. The number of hydrogen-bond donors (Lipinski definition) is 1. The predicted molar refractivity (Wildman–Crippen MR) is 133 cm³/mol. The minimum atomic E-state index is -0.568. The van der Waals surface area contributed by atoms with Gasteiger partial charge >= 0.3 is 5.97 Å². The lowest BCUT2D eigenvalue weighted by atomic mass is 9.87. The standard InChI is InChI=1S/C29H48O2/c1-22-21-25(15-11-7-10-14-18-29(19-20-29)27(30)31)26(24(3)23(22)2)16-12-8-9-13-17-28(4,5)6/h21H,7-20H2,1-6H3,(H,30,31). The van der Waals surface area contributed by atoms with E-state index in [1.54, 1.807) is 11.1 Å². The molecule has 1 aliphatic rings. The van der Waals surface area contributed by atoms with Crippen molar-refractivity contribution < 1.29 is 9.90 Å². The van der Waals surface area contributed by atoms with E-state index < -0.39 is 5.97 Å². The highest BCUT2D eigenvalue weighted by Crippen LogP contribution is 2.50. The number of hydrogen-bond acceptors (Lipinski definition) is 1. The molecule has 0 saturated heterocycles. The van der Waals surface area contributed by atoms with Crippen molar-refractivity contribution >= 4 is 5.97 Å². The van der Waals surface area contributed by atoms with E-state index in [1.807, 2.05) is 0 Å². The fourth-order valence-electron chi connectivity index (χ4n) is 4.96. The van der Waals surface area contributed by atoms with Crippen LogP contribution in [0.15, 0.2) is 6.07 Å². The maximum Gasteiger partial charge on any atom is 0.309 e. The van der Waals surface area contributed by atoms with E-state index >= 15 is 0 Å². The molecular weight excluding hydrogens is 380 g/mol. The number of carboxylic acid groups (broad SMARTS) is 1. The summed E-state index contributed by atoms with van der Waals surface area (Å²) in [6, 6.07) is 2.45. The van der Waals surface area contributed by atoms with Crippen molar-refractivity contribution in [2.45, 2.75) is 131 Å². The Kier molecular flexibility index (Phi) is 9.65. The van der Waals surface area contributed by atoms with E-state index in [4.69, 9.17) is 0 Å². The van der Waals surface area contributed by atoms with Crippen molar-refractivity contribution in [1.82, 2.24) is 0 Å². The molecular formula is C29H48O2. The SMILES string of the molecule is Cc1cc(CCCCCCC2(C(=O)O)CC2)c(CCCCCCC(C)(C)C)c(C)c1C. The van der Waals surface area contributed by atoms with E-state index in [0.29, 0.717) is 5.41 Å². The summed E-state index contributed by atoms with van der Waals surface area (Å²) in [5, 5.41) is 9.31. The third-order valence-corrected chi connectivity index (χ3v) is 7.65. The molecule has 1 aromatic carbocycles. The molecule has 1 aliphatic carbocycles. The van der Waals surface area contributed by atoms with Crippen LogP contribution in [0.5, 0.6) is 0 Å². The van der Waals surface area contributed by atoms with E-state index in [0.717, 1.165) is 25.7 Å². The molecule has 1 saturated carbocycles. The Morgan fingerprint density at radius 2 is 1.45 bits per heavy atom. The van der Waals surface area contributed by atoms with Gasteiger partial charge in [0.2, 0.25) is 0 Å². The van der Waals surface area contributed by atoms with Gasteiger partial charge in [-0.3, -0.25) is 4.79 Å². The molecule has 0 atom stereocenters. The summed E-state index contributed by atoms with van der Waals surface area (Å²) >= 11 is 0. The van der Waals surface area contributed by atoms with Crippen LogP contribution in [0, 0.1) is 31.6 Å². The normalized spacial score (nSPS) is 15.3. The van der Waals surface area contributed by atoms with Gasteiger partial charge in [0.15, 0.2) is 0 Å². The molecule has 31 heavy (non-hydrogen) atoms. The van der Waals surface area contributed by atoms with Crippen LogP contribution in [0.3, 0.4) is 0 Å². The van der Waals surface area contributed by atoms with Crippen molar-refractivity contribution in [3.8, 4) is 0 Å². The third-order valence-electron chi connectivity index (χ3n) is 7.65. The van der Waals surface area contributed by atoms with E-state index in [9.17, 15) is 9.90 Å².